The molecule has 2 saturated heterocycles. The van der Waals surface area contributed by atoms with Crippen molar-refractivity contribution in [2.45, 2.75) is 6.54 Å². The number of rotatable bonds is 8. The van der Waals surface area contributed by atoms with Gasteiger partial charge in [-0.15, -0.1) is 0 Å². The Morgan fingerprint density at radius 3 is 2.36 bits per heavy atom. The molecule has 0 N–H and O–H groups in total. The number of hydrogen-bond donors (Lipinski definition) is 0. The average molecular weight is 544 g/mol. The van der Waals surface area contributed by atoms with E-state index in [1.807, 2.05) is 72.8 Å². The Kier molecular flexibility index (Phi) is 8.60. The van der Waals surface area contributed by atoms with E-state index in [1.54, 1.807) is 29.0 Å². The van der Waals surface area contributed by atoms with E-state index in [0.29, 0.717) is 48.7 Å². The highest BCUT2D eigenvalue weighted by molar-refractivity contribution is 8.18. The largest absolute Gasteiger partial charge is 0.497 e. The van der Waals surface area contributed by atoms with Crippen LogP contribution in [-0.4, -0.2) is 66.8 Å². The second-order valence-corrected chi connectivity index (χ2v) is 9.94. The van der Waals surface area contributed by atoms with Crippen molar-refractivity contribution in [2.75, 3.05) is 40.0 Å². The number of ether oxygens (including phenoxy) is 3. The van der Waals surface area contributed by atoms with Crippen molar-refractivity contribution in [2.24, 2.45) is 4.99 Å². The molecule has 0 saturated carbocycles. The first kappa shape index (κ1) is 26.5. The third-order valence-corrected chi connectivity index (χ3v) is 7.28. The average Bonchev–Trinajstić information content (AvgIpc) is 3.26. The summed E-state index contributed by atoms with van der Waals surface area (Å²) in [7, 11) is 1.63. The van der Waals surface area contributed by atoms with Gasteiger partial charge in [0, 0.05) is 13.1 Å². The number of amides is 2. The Balaban J connectivity index is 1.30. The molecule has 0 aliphatic carbocycles. The highest BCUT2D eigenvalue weighted by Gasteiger charge is 2.33. The van der Waals surface area contributed by atoms with Crippen LogP contribution in [0.1, 0.15) is 11.1 Å². The molecule has 2 amide bonds. The molecule has 39 heavy (non-hydrogen) atoms. The van der Waals surface area contributed by atoms with E-state index >= 15 is 0 Å². The molecule has 3 aromatic carbocycles. The van der Waals surface area contributed by atoms with Crippen LogP contribution < -0.4 is 9.47 Å². The fraction of sp³-hybridized carbons (Fsp3) is 0.233. The second-order valence-electron chi connectivity index (χ2n) is 8.93. The van der Waals surface area contributed by atoms with Crippen molar-refractivity contribution < 1.29 is 23.8 Å². The summed E-state index contributed by atoms with van der Waals surface area (Å²) >= 11 is 1.35. The normalized spacial score (nSPS) is 17.6. The summed E-state index contributed by atoms with van der Waals surface area (Å²) in [4.78, 5) is 34.6. The predicted molar refractivity (Wildman–Crippen MR) is 152 cm³/mol. The molecule has 0 bridgehead atoms. The monoisotopic (exact) mass is 543 g/mol. The maximum atomic E-state index is 13.5. The molecule has 200 valence electrons. The summed E-state index contributed by atoms with van der Waals surface area (Å²) in [6, 6.07) is 24.6. The SMILES string of the molecule is COc1ccc(CN2C(=O)/C(=C/c3ccc(OCC(=O)N4CCOCC4)cc3)SC2=Nc2ccccc2)cc1. The number of benzene rings is 3. The van der Waals surface area contributed by atoms with E-state index < -0.39 is 0 Å². The first-order valence-electron chi connectivity index (χ1n) is 12.7. The molecule has 2 heterocycles. The minimum atomic E-state index is -0.109. The van der Waals surface area contributed by atoms with Crippen LogP contribution in [0.2, 0.25) is 0 Å². The maximum absolute atomic E-state index is 13.5. The van der Waals surface area contributed by atoms with Crippen LogP contribution in [0.25, 0.3) is 6.08 Å². The number of hydrogen-bond acceptors (Lipinski definition) is 7. The van der Waals surface area contributed by atoms with Gasteiger partial charge in [-0.25, -0.2) is 4.99 Å². The smallest absolute Gasteiger partial charge is 0.267 e. The first-order chi connectivity index (χ1) is 19.1. The topological polar surface area (TPSA) is 80.7 Å². The van der Waals surface area contributed by atoms with Gasteiger partial charge in [-0.1, -0.05) is 42.5 Å². The zero-order valence-electron chi connectivity index (χ0n) is 21.6. The van der Waals surface area contributed by atoms with Crippen molar-refractivity contribution in [3.63, 3.8) is 0 Å². The Morgan fingerprint density at radius 1 is 0.974 bits per heavy atom. The van der Waals surface area contributed by atoms with Gasteiger partial charge in [0.15, 0.2) is 11.8 Å². The van der Waals surface area contributed by atoms with Crippen LogP contribution >= 0.6 is 11.8 Å². The predicted octanol–water partition coefficient (Wildman–Crippen LogP) is 4.74. The Hall–Kier alpha value is -4.08. The van der Waals surface area contributed by atoms with Crippen molar-refractivity contribution in [1.82, 2.24) is 9.80 Å². The Morgan fingerprint density at radius 2 is 1.67 bits per heavy atom. The number of carbonyl (C=O) groups excluding carboxylic acids is 2. The van der Waals surface area contributed by atoms with Gasteiger partial charge in [-0.05, 0) is 65.4 Å². The van der Waals surface area contributed by atoms with Gasteiger partial charge >= 0.3 is 0 Å². The lowest BCUT2D eigenvalue weighted by Gasteiger charge is -2.26. The summed E-state index contributed by atoms with van der Waals surface area (Å²) in [6.45, 7) is 2.66. The van der Waals surface area contributed by atoms with Crippen LogP contribution in [0.15, 0.2) is 88.8 Å². The third kappa shape index (κ3) is 6.87. The van der Waals surface area contributed by atoms with E-state index in [0.717, 1.165) is 22.6 Å². The van der Waals surface area contributed by atoms with E-state index in [1.165, 1.54) is 11.8 Å². The maximum Gasteiger partial charge on any atom is 0.267 e. The zero-order valence-corrected chi connectivity index (χ0v) is 22.4. The van der Waals surface area contributed by atoms with Crippen LogP contribution in [0, 0.1) is 0 Å². The molecule has 0 unspecified atom stereocenters. The highest BCUT2D eigenvalue weighted by Crippen LogP contribution is 2.35. The second kappa shape index (κ2) is 12.6. The number of aliphatic imine (C=N–C) groups is 1. The van der Waals surface area contributed by atoms with Gasteiger partial charge in [0.2, 0.25) is 0 Å². The van der Waals surface area contributed by atoms with Crippen molar-refractivity contribution in [3.8, 4) is 11.5 Å². The standard InChI is InChI=1S/C30H29N3O5S/c1-36-25-11-9-23(10-12-25)20-33-29(35)27(39-30(33)31-24-5-3-2-4-6-24)19-22-7-13-26(14-8-22)38-21-28(34)32-15-17-37-18-16-32/h2-14,19H,15-18,20-21H2,1H3/b27-19-,31-30?. The summed E-state index contributed by atoms with van der Waals surface area (Å²) in [6.07, 6.45) is 1.85. The molecule has 2 fully saturated rings. The number of nitrogens with zero attached hydrogens (tertiary/aromatic N) is 3. The molecule has 2 aliphatic heterocycles. The molecular weight excluding hydrogens is 514 g/mol. The lowest BCUT2D eigenvalue weighted by atomic mass is 10.2. The molecule has 0 spiro atoms. The van der Waals surface area contributed by atoms with Gasteiger partial charge in [0.1, 0.15) is 11.5 Å². The lowest BCUT2D eigenvalue weighted by Crippen LogP contribution is -2.42. The third-order valence-electron chi connectivity index (χ3n) is 6.27. The summed E-state index contributed by atoms with van der Waals surface area (Å²) in [5.41, 5.74) is 2.60. The minimum absolute atomic E-state index is 0.0194. The molecule has 2 aliphatic rings. The van der Waals surface area contributed by atoms with Crippen LogP contribution in [0.4, 0.5) is 5.69 Å². The molecule has 0 radical (unpaired) electrons. The molecular formula is C30H29N3O5S. The molecule has 3 aromatic rings. The zero-order chi connectivity index (χ0) is 27.0. The van der Waals surface area contributed by atoms with Crippen molar-refractivity contribution in [3.05, 3.63) is 94.9 Å². The number of thioether (sulfide) groups is 1. The summed E-state index contributed by atoms with van der Waals surface area (Å²) in [5.74, 6) is 1.19. The van der Waals surface area contributed by atoms with Crippen LogP contribution in [0.5, 0.6) is 11.5 Å². The molecule has 9 heteroatoms. The molecule has 5 rings (SSSR count). The molecule has 0 atom stereocenters. The van der Waals surface area contributed by atoms with Crippen LogP contribution in [-0.2, 0) is 20.9 Å². The first-order valence-corrected chi connectivity index (χ1v) is 13.5. The van der Waals surface area contributed by atoms with Gasteiger partial charge < -0.3 is 19.1 Å². The van der Waals surface area contributed by atoms with Crippen molar-refractivity contribution in [1.29, 1.82) is 0 Å². The number of morpholine rings is 1. The number of amidine groups is 1. The quantitative estimate of drug-likeness (QED) is 0.382. The van der Waals surface area contributed by atoms with E-state index in [4.69, 9.17) is 19.2 Å². The Labute approximate surface area is 231 Å². The van der Waals surface area contributed by atoms with E-state index in [-0.39, 0.29) is 18.4 Å². The van der Waals surface area contributed by atoms with Gasteiger partial charge in [-0.2, -0.15) is 0 Å². The van der Waals surface area contributed by atoms with E-state index in [2.05, 4.69) is 0 Å². The number of carbonyl (C=O) groups is 2. The fourth-order valence-electron chi connectivity index (χ4n) is 4.12. The van der Waals surface area contributed by atoms with Gasteiger partial charge in [0.25, 0.3) is 11.8 Å². The Bertz CT molecular complexity index is 1350. The number of methoxy groups -OCH3 is 1. The highest BCUT2D eigenvalue weighted by atomic mass is 32.2. The fourth-order valence-corrected chi connectivity index (χ4v) is 5.12. The molecule has 0 aromatic heterocycles. The van der Waals surface area contributed by atoms with Crippen molar-refractivity contribution >= 4 is 40.5 Å². The number of para-hydroxylation sites is 1. The minimum Gasteiger partial charge on any atom is -0.497 e. The van der Waals surface area contributed by atoms with E-state index in [9.17, 15) is 9.59 Å². The summed E-state index contributed by atoms with van der Waals surface area (Å²) < 4.78 is 16.2. The van der Waals surface area contributed by atoms with Crippen LogP contribution in [0.3, 0.4) is 0 Å². The summed E-state index contributed by atoms with van der Waals surface area (Å²) in [5, 5.41) is 0.620. The van der Waals surface area contributed by atoms with Gasteiger partial charge in [-0.3, -0.25) is 14.5 Å². The van der Waals surface area contributed by atoms with Gasteiger partial charge in [0.05, 0.1) is 37.5 Å². The lowest BCUT2D eigenvalue weighted by molar-refractivity contribution is -0.137. The molecule has 8 nitrogen and oxygen atoms in total.